The molecule has 1 aromatic carbocycles. The molecule has 0 aliphatic rings. The lowest BCUT2D eigenvalue weighted by molar-refractivity contribution is -0.181. The molecule has 1 aromatic heterocycles. The van der Waals surface area contributed by atoms with Crippen LogP contribution in [0.5, 0.6) is 0 Å². The van der Waals surface area contributed by atoms with Crippen molar-refractivity contribution in [3.8, 4) is 11.4 Å². The summed E-state index contributed by atoms with van der Waals surface area (Å²) in [6, 6.07) is 6.44. The van der Waals surface area contributed by atoms with E-state index in [-0.39, 0.29) is 23.7 Å². The van der Waals surface area contributed by atoms with Crippen LogP contribution in [0.15, 0.2) is 28.8 Å². The fourth-order valence-electron chi connectivity index (χ4n) is 2.18. The number of nitrogens with zero attached hydrogens (tertiary/aromatic N) is 3. The Labute approximate surface area is 148 Å². The molecule has 1 heterocycles. The predicted molar refractivity (Wildman–Crippen MR) is 86.4 cm³/mol. The quantitative estimate of drug-likeness (QED) is 0.741. The first kappa shape index (κ1) is 19.9. The minimum Gasteiger partial charge on any atom is -0.329 e. The van der Waals surface area contributed by atoms with E-state index < -0.39 is 12.1 Å². The summed E-state index contributed by atoms with van der Waals surface area (Å²) < 4.78 is 41.7. The van der Waals surface area contributed by atoms with E-state index in [1.807, 2.05) is 20.8 Å². The topological polar surface area (TPSA) is 68.5 Å². The van der Waals surface area contributed by atoms with Gasteiger partial charge in [0.15, 0.2) is 0 Å². The summed E-state index contributed by atoms with van der Waals surface area (Å²) in [5.41, 5.74) is 0.947. The molecule has 9 heteroatoms. The first-order valence-corrected chi connectivity index (χ1v) is 7.84. The molecule has 0 aliphatic carbocycles. The smallest absolute Gasteiger partial charge is 0.329 e. The molecule has 6 nitrogen and oxygen atoms in total. The molecule has 0 saturated heterocycles. The largest absolute Gasteiger partial charge is 0.471 e. The van der Waals surface area contributed by atoms with Gasteiger partial charge >= 0.3 is 12.1 Å². The highest BCUT2D eigenvalue weighted by Crippen LogP contribution is 2.29. The van der Waals surface area contributed by atoms with Gasteiger partial charge in [0.25, 0.3) is 0 Å². The van der Waals surface area contributed by atoms with Crippen molar-refractivity contribution in [1.29, 1.82) is 0 Å². The molecule has 26 heavy (non-hydrogen) atoms. The van der Waals surface area contributed by atoms with Crippen LogP contribution in [0.3, 0.4) is 0 Å². The fourth-order valence-corrected chi connectivity index (χ4v) is 2.18. The summed E-state index contributed by atoms with van der Waals surface area (Å²) >= 11 is 0. The average Bonchev–Trinajstić information content (AvgIpc) is 3.01. The van der Waals surface area contributed by atoms with E-state index in [1.54, 1.807) is 24.3 Å². The van der Waals surface area contributed by atoms with Gasteiger partial charge in [-0.3, -0.25) is 9.63 Å². The third kappa shape index (κ3) is 5.29. The standard InChI is InChI=1S/C17H20F3N3O3/c1-16(2,3)9-13(24)23(25-4)10-11-5-7-12(8-6-11)14-21-15(26-22-14)17(18,19)20/h5-8H,9-10H2,1-4H3. The van der Waals surface area contributed by atoms with Gasteiger partial charge in [0.1, 0.15) is 0 Å². The Morgan fingerprint density at radius 2 is 1.81 bits per heavy atom. The van der Waals surface area contributed by atoms with Gasteiger partial charge in [-0.1, -0.05) is 50.2 Å². The van der Waals surface area contributed by atoms with Crippen molar-refractivity contribution >= 4 is 5.91 Å². The van der Waals surface area contributed by atoms with Crippen LogP contribution in [0, 0.1) is 5.41 Å². The molecule has 142 valence electrons. The molecule has 0 aliphatic heterocycles. The zero-order valence-electron chi connectivity index (χ0n) is 14.9. The molecule has 0 fully saturated rings. The molecular formula is C17H20F3N3O3. The number of benzene rings is 1. The Bertz CT molecular complexity index is 749. The number of carbonyl (C=O) groups is 1. The highest BCUT2D eigenvalue weighted by Gasteiger charge is 2.38. The van der Waals surface area contributed by atoms with E-state index in [0.29, 0.717) is 12.0 Å². The van der Waals surface area contributed by atoms with Crippen molar-refractivity contribution < 1.29 is 27.3 Å². The lowest BCUT2D eigenvalue weighted by Crippen LogP contribution is -2.32. The first-order valence-electron chi connectivity index (χ1n) is 7.84. The van der Waals surface area contributed by atoms with Crippen molar-refractivity contribution in [3.05, 3.63) is 35.7 Å². The number of aromatic nitrogens is 2. The molecule has 2 rings (SSSR count). The molecule has 0 atom stereocenters. The summed E-state index contributed by atoms with van der Waals surface area (Å²) in [6.07, 6.45) is -4.36. The van der Waals surface area contributed by atoms with Gasteiger partial charge in [0, 0.05) is 12.0 Å². The van der Waals surface area contributed by atoms with Crippen LogP contribution in [-0.4, -0.2) is 28.2 Å². The monoisotopic (exact) mass is 371 g/mol. The van der Waals surface area contributed by atoms with Gasteiger partial charge < -0.3 is 4.52 Å². The molecule has 2 aromatic rings. The second-order valence-electron chi connectivity index (χ2n) is 6.97. The molecule has 0 unspecified atom stereocenters. The van der Waals surface area contributed by atoms with Crippen molar-refractivity contribution in [1.82, 2.24) is 15.2 Å². The van der Waals surface area contributed by atoms with E-state index in [4.69, 9.17) is 4.84 Å². The SMILES string of the molecule is CON(Cc1ccc(-c2noc(C(F)(F)F)n2)cc1)C(=O)CC(C)(C)C. The first-order chi connectivity index (χ1) is 12.0. The zero-order chi connectivity index (χ0) is 19.5. The summed E-state index contributed by atoms with van der Waals surface area (Å²) in [7, 11) is 1.41. The Balaban J connectivity index is 2.09. The number of hydroxylamine groups is 2. The minimum absolute atomic E-state index is 0.155. The summed E-state index contributed by atoms with van der Waals surface area (Å²) in [5, 5.41) is 4.58. The van der Waals surface area contributed by atoms with Crippen LogP contribution < -0.4 is 0 Å². The maximum Gasteiger partial charge on any atom is 0.471 e. The Morgan fingerprint density at radius 1 is 1.19 bits per heavy atom. The van der Waals surface area contributed by atoms with E-state index in [9.17, 15) is 18.0 Å². The Morgan fingerprint density at radius 3 is 2.27 bits per heavy atom. The molecule has 0 N–H and O–H groups in total. The minimum atomic E-state index is -4.68. The lowest BCUT2D eigenvalue weighted by Gasteiger charge is -2.24. The van der Waals surface area contributed by atoms with Crippen LogP contribution in [0.25, 0.3) is 11.4 Å². The van der Waals surface area contributed by atoms with Gasteiger partial charge in [-0.2, -0.15) is 18.2 Å². The maximum atomic E-state index is 12.5. The van der Waals surface area contributed by atoms with Gasteiger partial charge in [0.05, 0.1) is 13.7 Å². The number of hydrogen-bond donors (Lipinski definition) is 0. The zero-order valence-corrected chi connectivity index (χ0v) is 14.9. The van der Waals surface area contributed by atoms with E-state index in [1.165, 1.54) is 12.2 Å². The number of rotatable bonds is 5. The van der Waals surface area contributed by atoms with Gasteiger partial charge in [-0.05, 0) is 11.0 Å². The van der Waals surface area contributed by atoms with E-state index in [2.05, 4.69) is 14.7 Å². The number of amides is 1. The molecule has 0 bridgehead atoms. The van der Waals surface area contributed by atoms with Crippen molar-refractivity contribution in [2.24, 2.45) is 5.41 Å². The normalized spacial score (nSPS) is 12.3. The second kappa shape index (κ2) is 7.45. The van der Waals surface area contributed by atoms with Crippen molar-refractivity contribution in [2.75, 3.05) is 7.11 Å². The fraction of sp³-hybridized carbons (Fsp3) is 0.471. The summed E-state index contributed by atoms with van der Waals surface area (Å²) in [6.45, 7) is 6.07. The molecule has 0 saturated carbocycles. The Kier molecular flexibility index (Phi) is 5.70. The van der Waals surface area contributed by atoms with Crippen LogP contribution in [0.2, 0.25) is 0 Å². The number of hydrogen-bond acceptors (Lipinski definition) is 5. The Hall–Kier alpha value is -2.42. The van der Waals surface area contributed by atoms with Gasteiger partial charge in [0.2, 0.25) is 11.7 Å². The number of halogens is 3. The van der Waals surface area contributed by atoms with Crippen LogP contribution in [0.4, 0.5) is 13.2 Å². The van der Waals surface area contributed by atoms with E-state index in [0.717, 1.165) is 5.56 Å². The summed E-state index contributed by atoms with van der Waals surface area (Å²) in [5.74, 6) is -1.71. The number of carbonyl (C=O) groups excluding carboxylic acids is 1. The van der Waals surface area contributed by atoms with Crippen molar-refractivity contribution in [2.45, 2.75) is 39.9 Å². The van der Waals surface area contributed by atoms with Crippen LogP contribution in [0.1, 0.15) is 38.6 Å². The maximum absolute atomic E-state index is 12.5. The number of alkyl halides is 3. The average molecular weight is 371 g/mol. The summed E-state index contributed by atoms with van der Waals surface area (Å²) in [4.78, 5) is 20.7. The molecule has 0 spiro atoms. The highest BCUT2D eigenvalue weighted by atomic mass is 19.4. The van der Waals surface area contributed by atoms with Crippen LogP contribution >= 0.6 is 0 Å². The van der Waals surface area contributed by atoms with Crippen molar-refractivity contribution in [3.63, 3.8) is 0 Å². The molecular weight excluding hydrogens is 351 g/mol. The second-order valence-corrected chi connectivity index (χ2v) is 6.97. The van der Waals surface area contributed by atoms with Gasteiger partial charge in [-0.15, -0.1) is 0 Å². The third-order valence-electron chi connectivity index (χ3n) is 3.39. The predicted octanol–water partition coefficient (Wildman–Crippen LogP) is 4.08. The van der Waals surface area contributed by atoms with E-state index >= 15 is 0 Å². The highest BCUT2D eigenvalue weighted by molar-refractivity contribution is 5.75. The third-order valence-corrected chi connectivity index (χ3v) is 3.39. The van der Waals surface area contributed by atoms with Crippen LogP contribution in [-0.2, 0) is 22.4 Å². The molecule has 0 radical (unpaired) electrons. The van der Waals surface area contributed by atoms with Gasteiger partial charge in [-0.25, -0.2) is 5.06 Å². The lowest BCUT2D eigenvalue weighted by atomic mass is 9.92. The molecule has 1 amide bonds.